The van der Waals surface area contributed by atoms with Crippen LogP contribution in [0.5, 0.6) is 0 Å². The van der Waals surface area contributed by atoms with E-state index in [4.69, 9.17) is 0 Å². The van der Waals surface area contributed by atoms with Crippen molar-refractivity contribution in [3.05, 3.63) is 0 Å². The van der Waals surface area contributed by atoms with Gasteiger partial charge in [0.2, 0.25) is 0 Å². The molecule has 92 valence electrons. The average Bonchev–Trinajstić information content (AvgIpc) is 2.84. The van der Waals surface area contributed by atoms with Crippen LogP contribution in [-0.4, -0.2) is 24.6 Å². The number of rotatable bonds is 1. The molecule has 2 saturated heterocycles. The summed E-state index contributed by atoms with van der Waals surface area (Å²) in [6.45, 7) is 2.61. The fourth-order valence-electron chi connectivity index (χ4n) is 4.42. The smallest absolute Gasteiger partial charge is 0.00125 e. The summed E-state index contributed by atoms with van der Waals surface area (Å²) >= 11 is 2.19. The van der Waals surface area contributed by atoms with Gasteiger partial charge in [-0.3, -0.25) is 0 Å². The standard InChI is InChI=1S/C14H25NS/c1-2-4-12(3-1)13-11-15-8-5-14(13)6-9-16-10-7-14/h12-13,15H,1-11H2. The maximum absolute atomic E-state index is 3.68. The van der Waals surface area contributed by atoms with Gasteiger partial charge in [-0.2, -0.15) is 11.8 Å². The molecule has 3 fully saturated rings. The van der Waals surface area contributed by atoms with Crippen molar-refractivity contribution < 1.29 is 0 Å². The van der Waals surface area contributed by atoms with Crippen LogP contribution < -0.4 is 5.32 Å². The van der Waals surface area contributed by atoms with Crippen LogP contribution in [0.2, 0.25) is 0 Å². The van der Waals surface area contributed by atoms with Crippen LogP contribution in [0.1, 0.15) is 44.9 Å². The molecule has 1 aliphatic carbocycles. The van der Waals surface area contributed by atoms with Crippen LogP contribution in [-0.2, 0) is 0 Å². The Labute approximate surface area is 104 Å². The molecule has 0 aromatic heterocycles. The molecule has 3 aliphatic rings. The Kier molecular flexibility index (Phi) is 3.49. The Hall–Kier alpha value is 0.310. The summed E-state index contributed by atoms with van der Waals surface area (Å²) in [5.74, 6) is 4.95. The largest absolute Gasteiger partial charge is 0.316 e. The fraction of sp³-hybridized carbons (Fsp3) is 1.00. The van der Waals surface area contributed by atoms with Gasteiger partial charge >= 0.3 is 0 Å². The average molecular weight is 239 g/mol. The first kappa shape index (κ1) is 11.4. The van der Waals surface area contributed by atoms with Crippen LogP contribution in [0.15, 0.2) is 0 Å². The predicted molar refractivity (Wildman–Crippen MR) is 71.9 cm³/mol. The minimum absolute atomic E-state index is 0.755. The summed E-state index contributed by atoms with van der Waals surface area (Å²) in [5, 5.41) is 3.68. The van der Waals surface area contributed by atoms with E-state index in [1.807, 2.05) is 0 Å². The molecule has 1 unspecified atom stereocenters. The lowest BCUT2D eigenvalue weighted by Crippen LogP contribution is -2.49. The summed E-state index contributed by atoms with van der Waals surface area (Å²) in [5.41, 5.74) is 0.755. The second-order valence-electron chi connectivity index (χ2n) is 6.08. The molecule has 1 spiro atoms. The van der Waals surface area contributed by atoms with Gasteiger partial charge in [-0.1, -0.05) is 25.7 Å². The predicted octanol–water partition coefficient (Wildman–Crippen LogP) is 3.30. The molecule has 0 radical (unpaired) electrons. The van der Waals surface area contributed by atoms with Crippen molar-refractivity contribution in [2.24, 2.45) is 17.3 Å². The van der Waals surface area contributed by atoms with E-state index in [-0.39, 0.29) is 0 Å². The second-order valence-corrected chi connectivity index (χ2v) is 7.30. The molecule has 1 saturated carbocycles. The van der Waals surface area contributed by atoms with E-state index in [1.54, 1.807) is 0 Å². The zero-order valence-electron chi connectivity index (χ0n) is 10.3. The highest BCUT2D eigenvalue weighted by atomic mass is 32.2. The fourth-order valence-corrected chi connectivity index (χ4v) is 5.73. The molecule has 0 amide bonds. The molecule has 1 N–H and O–H groups in total. The van der Waals surface area contributed by atoms with Crippen molar-refractivity contribution in [2.75, 3.05) is 24.6 Å². The monoisotopic (exact) mass is 239 g/mol. The Morgan fingerprint density at radius 1 is 1.00 bits per heavy atom. The third kappa shape index (κ3) is 2.03. The van der Waals surface area contributed by atoms with Gasteiger partial charge in [0.1, 0.15) is 0 Å². The third-order valence-corrected chi connectivity index (χ3v) is 6.39. The van der Waals surface area contributed by atoms with E-state index >= 15 is 0 Å². The van der Waals surface area contributed by atoms with Crippen LogP contribution in [0, 0.1) is 17.3 Å². The van der Waals surface area contributed by atoms with E-state index in [1.165, 1.54) is 69.5 Å². The highest BCUT2D eigenvalue weighted by Gasteiger charge is 2.45. The van der Waals surface area contributed by atoms with Gasteiger partial charge in [0, 0.05) is 0 Å². The lowest BCUT2D eigenvalue weighted by Gasteiger charge is -2.49. The van der Waals surface area contributed by atoms with Crippen LogP contribution in [0.3, 0.4) is 0 Å². The lowest BCUT2D eigenvalue weighted by molar-refractivity contribution is 0.0512. The molecular formula is C14H25NS. The van der Waals surface area contributed by atoms with Gasteiger partial charge in [-0.05, 0) is 61.1 Å². The Bertz CT molecular complexity index is 221. The molecule has 2 heterocycles. The van der Waals surface area contributed by atoms with E-state index < -0.39 is 0 Å². The van der Waals surface area contributed by atoms with Crippen molar-refractivity contribution in [2.45, 2.75) is 44.9 Å². The van der Waals surface area contributed by atoms with Crippen LogP contribution in [0.4, 0.5) is 0 Å². The summed E-state index contributed by atoms with van der Waals surface area (Å²) in [6, 6.07) is 0. The highest BCUT2D eigenvalue weighted by molar-refractivity contribution is 7.99. The summed E-state index contributed by atoms with van der Waals surface area (Å²) in [7, 11) is 0. The van der Waals surface area contributed by atoms with Crippen molar-refractivity contribution in [1.82, 2.24) is 5.32 Å². The van der Waals surface area contributed by atoms with Gasteiger partial charge in [-0.25, -0.2) is 0 Å². The maximum Gasteiger partial charge on any atom is -0.00125 e. The topological polar surface area (TPSA) is 12.0 Å². The summed E-state index contributed by atoms with van der Waals surface area (Å²) < 4.78 is 0. The highest BCUT2D eigenvalue weighted by Crippen LogP contribution is 2.51. The van der Waals surface area contributed by atoms with Crippen molar-refractivity contribution in [3.63, 3.8) is 0 Å². The Morgan fingerprint density at radius 3 is 2.50 bits per heavy atom. The van der Waals surface area contributed by atoms with E-state index in [2.05, 4.69) is 17.1 Å². The quantitative estimate of drug-likeness (QED) is 0.753. The zero-order valence-corrected chi connectivity index (χ0v) is 11.2. The van der Waals surface area contributed by atoms with E-state index in [0.29, 0.717) is 0 Å². The SMILES string of the molecule is C1CCC(C2CNCCC23CCSCC3)C1. The Balaban J connectivity index is 1.76. The number of hydrogen-bond acceptors (Lipinski definition) is 2. The Morgan fingerprint density at radius 2 is 1.75 bits per heavy atom. The molecular weight excluding hydrogens is 214 g/mol. The third-order valence-electron chi connectivity index (χ3n) is 5.41. The van der Waals surface area contributed by atoms with E-state index in [9.17, 15) is 0 Å². The first-order valence-electron chi connectivity index (χ1n) is 7.19. The summed E-state index contributed by atoms with van der Waals surface area (Å²) in [6.07, 6.45) is 10.6. The molecule has 0 aromatic carbocycles. The minimum atomic E-state index is 0.755. The molecule has 16 heavy (non-hydrogen) atoms. The first-order valence-corrected chi connectivity index (χ1v) is 8.35. The first-order chi connectivity index (χ1) is 7.91. The molecule has 1 nitrogen and oxygen atoms in total. The molecule has 0 bridgehead atoms. The zero-order chi connectivity index (χ0) is 10.8. The number of nitrogens with one attached hydrogen (secondary N) is 1. The number of piperidine rings is 1. The normalized spacial score (nSPS) is 35.6. The molecule has 3 rings (SSSR count). The molecule has 2 aliphatic heterocycles. The van der Waals surface area contributed by atoms with Crippen LogP contribution in [0.25, 0.3) is 0 Å². The van der Waals surface area contributed by atoms with Gasteiger partial charge in [0.05, 0.1) is 0 Å². The lowest BCUT2D eigenvalue weighted by atomic mass is 9.62. The van der Waals surface area contributed by atoms with Gasteiger partial charge in [0.25, 0.3) is 0 Å². The number of hydrogen-bond donors (Lipinski definition) is 1. The molecule has 2 heteroatoms. The van der Waals surface area contributed by atoms with Gasteiger partial charge in [0.15, 0.2) is 0 Å². The minimum Gasteiger partial charge on any atom is -0.316 e. The van der Waals surface area contributed by atoms with Gasteiger partial charge in [-0.15, -0.1) is 0 Å². The van der Waals surface area contributed by atoms with Crippen molar-refractivity contribution in [3.8, 4) is 0 Å². The van der Waals surface area contributed by atoms with Gasteiger partial charge < -0.3 is 5.32 Å². The van der Waals surface area contributed by atoms with E-state index in [0.717, 1.165) is 17.3 Å². The summed E-state index contributed by atoms with van der Waals surface area (Å²) in [4.78, 5) is 0. The number of thioether (sulfide) groups is 1. The molecule has 0 aromatic rings. The second kappa shape index (κ2) is 4.89. The molecule has 1 atom stereocenters. The maximum atomic E-state index is 3.68. The van der Waals surface area contributed by atoms with Crippen molar-refractivity contribution in [1.29, 1.82) is 0 Å². The van der Waals surface area contributed by atoms with Crippen molar-refractivity contribution >= 4 is 11.8 Å². The van der Waals surface area contributed by atoms with Crippen LogP contribution >= 0.6 is 11.8 Å².